The van der Waals surface area contributed by atoms with Crippen molar-refractivity contribution in [3.05, 3.63) is 82.5 Å². The zero-order valence-electron chi connectivity index (χ0n) is 13.9. The molecular weight excluding hydrogens is 356 g/mol. The van der Waals surface area contributed by atoms with Gasteiger partial charge in [0.2, 0.25) is 0 Å². The van der Waals surface area contributed by atoms with Crippen LogP contribution in [0.2, 0.25) is 0 Å². The topological polar surface area (TPSA) is 25.8 Å². The molecule has 2 aromatic heterocycles. The van der Waals surface area contributed by atoms with Gasteiger partial charge in [0, 0.05) is 27.7 Å². The van der Waals surface area contributed by atoms with Crippen LogP contribution in [0.4, 0.5) is 0 Å². The van der Waals surface area contributed by atoms with Gasteiger partial charge in [-0.15, -0.1) is 0 Å². The molecule has 26 heavy (non-hydrogen) atoms. The summed E-state index contributed by atoms with van der Waals surface area (Å²) in [5, 5.41) is 15.3. The van der Waals surface area contributed by atoms with Crippen molar-refractivity contribution in [1.29, 1.82) is 0 Å². The van der Waals surface area contributed by atoms with Crippen LogP contribution in [0.3, 0.4) is 0 Å². The number of rotatable bonds is 2. The summed E-state index contributed by atoms with van der Waals surface area (Å²) in [6.07, 6.45) is 10.6. The van der Waals surface area contributed by atoms with Gasteiger partial charge in [-0.3, -0.25) is 4.98 Å². The fourth-order valence-corrected chi connectivity index (χ4v) is 7.02. The van der Waals surface area contributed by atoms with E-state index in [9.17, 15) is 0 Å². The molecule has 0 spiro atoms. The molecular formula is C22H16N2S2. The number of aromatic nitrogens is 2. The number of hydrogen-bond donors (Lipinski definition) is 2. The molecule has 0 atom stereocenters. The third kappa shape index (κ3) is 2.03. The average Bonchev–Trinajstić information content (AvgIpc) is 3.39. The number of hydrogen-bond acceptors (Lipinski definition) is 2. The van der Waals surface area contributed by atoms with Gasteiger partial charge in [0.25, 0.3) is 0 Å². The SMILES string of the molecule is C1=C[SH](c2cc3ncc4cccc5nc([SH]6C=CC=C6)c(c2)c3c45)C=C1. The van der Waals surface area contributed by atoms with Gasteiger partial charge in [-0.2, -0.15) is 21.8 Å². The van der Waals surface area contributed by atoms with Crippen molar-refractivity contribution in [1.82, 2.24) is 9.97 Å². The molecule has 0 radical (unpaired) electrons. The van der Waals surface area contributed by atoms with E-state index in [1.807, 2.05) is 6.20 Å². The summed E-state index contributed by atoms with van der Waals surface area (Å²) in [5.41, 5.74) is 2.16. The Morgan fingerprint density at radius 3 is 2.31 bits per heavy atom. The van der Waals surface area contributed by atoms with Gasteiger partial charge in [0.1, 0.15) is 0 Å². The second kappa shape index (κ2) is 5.47. The Kier molecular flexibility index (Phi) is 3.07. The molecule has 0 fully saturated rings. The van der Waals surface area contributed by atoms with Crippen LogP contribution < -0.4 is 0 Å². The smallest absolute Gasteiger partial charge is 0.0921 e. The molecule has 0 saturated carbocycles. The molecule has 6 rings (SSSR count). The zero-order valence-corrected chi connectivity index (χ0v) is 15.7. The molecule has 0 bridgehead atoms. The van der Waals surface area contributed by atoms with E-state index >= 15 is 0 Å². The highest BCUT2D eigenvalue weighted by Gasteiger charge is 2.19. The Labute approximate surface area is 156 Å². The molecule has 0 aliphatic carbocycles. The van der Waals surface area contributed by atoms with E-state index in [1.165, 1.54) is 31.5 Å². The maximum absolute atomic E-state index is 5.12. The standard InChI is InChI=1S/C22H16N2S2/c1-2-9-25(8-1)16-12-17-21-19(13-16)23-14-15-6-5-7-18(20(15)21)24-22(17)26-10-3-4-11-26/h1-14,25-26H. The molecule has 2 aromatic carbocycles. The van der Waals surface area contributed by atoms with E-state index in [-0.39, 0.29) is 10.9 Å². The molecule has 126 valence electrons. The Morgan fingerprint density at radius 2 is 1.50 bits per heavy atom. The molecule has 0 amide bonds. The number of nitrogens with zero attached hydrogens (tertiary/aromatic N) is 2. The van der Waals surface area contributed by atoms with E-state index in [0.29, 0.717) is 0 Å². The molecule has 4 heterocycles. The lowest BCUT2D eigenvalue weighted by atomic mass is 10.0. The normalized spacial score (nSPS) is 18.5. The minimum Gasteiger partial charge on any atom is -0.256 e. The second-order valence-electron chi connectivity index (χ2n) is 6.50. The van der Waals surface area contributed by atoms with Gasteiger partial charge < -0.3 is 0 Å². The van der Waals surface area contributed by atoms with Gasteiger partial charge in [-0.25, -0.2) is 4.98 Å². The summed E-state index contributed by atoms with van der Waals surface area (Å²) in [5.74, 6) is 0. The highest BCUT2D eigenvalue weighted by molar-refractivity contribution is 8.22. The highest BCUT2D eigenvalue weighted by Crippen LogP contribution is 2.50. The fraction of sp³-hybridized carbons (Fsp3) is 0. The Morgan fingerprint density at radius 1 is 0.731 bits per heavy atom. The lowest BCUT2D eigenvalue weighted by Crippen LogP contribution is -1.94. The Bertz CT molecular complexity index is 1280. The minimum absolute atomic E-state index is 0.374. The predicted octanol–water partition coefficient (Wildman–Crippen LogP) is 6.18. The largest absolute Gasteiger partial charge is 0.256 e. The Balaban J connectivity index is 1.79. The summed E-state index contributed by atoms with van der Waals surface area (Å²) in [6, 6.07) is 11.0. The van der Waals surface area contributed by atoms with E-state index in [4.69, 9.17) is 9.97 Å². The molecule has 0 saturated heterocycles. The van der Waals surface area contributed by atoms with E-state index < -0.39 is 10.9 Å². The maximum atomic E-state index is 5.12. The van der Waals surface area contributed by atoms with E-state index in [0.717, 1.165) is 11.0 Å². The van der Waals surface area contributed by atoms with Crippen LogP contribution in [0.15, 0.2) is 92.4 Å². The van der Waals surface area contributed by atoms with Gasteiger partial charge in [-0.05, 0) is 44.7 Å². The maximum Gasteiger partial charge on any atom is 0.0921 e. The molecule has 2 aliphatic rings. The molecule has 0 N–H and O–H groups in total. The van der Waals surface area contributed by atoms with Crippen LogP contribution in [0.25, 0.3) is 32.6 Å². The van der Waals surface area contributed by atoms with Crippen LogP contribution in [0.1, 0.15) is 0 Å². The predicted molar refractivity (Wildman–Crippen MR) is 117 cm³/mol. The van der Waals surface area contributed by atoms with Gasteiger partial charge in [-0.1, -0.05) is 36.4 Å². The van der Waals surface area contributed by atoms with Crippen molar-refractivity contribution < 1.29 is 0 Å². The third-order valence-corrected chi connectivity index (χ3v) is 8.65. The molecule has 0 unspecified atom stereocenters. The van der Waals surface area contributed by atoms with Crippen LogP contribution in [-0.2, 0) is 0 Å². The first kappa shape index (κ1) is 14.6. The molecule has 4 heteroatoms. The number of benzene rings is 2. The fourth-order valence-electron chi connectivity index (χ4n) is 3.83. The van der Waals surface area contributed by atoms with Crippen molar-refractivity contribution in [2.45, 2.75) is 9.92 Å². The van der Waals surface area contributed by atoms with Crippen molar-refractivity contribution in [3.63, 3.8) is 0 Å². The van der Waals surface area contributed by atoms with Crippen molar-refractivity contribution in [2.24, 2.45) is 0 Å². The summed E-state index contributed by atoms with van der Waals surface area (Å²) >= 11 is 0. The third-order valence-electron chi connectivity index (χ3n) is 4.99. The summed E-state index contributed by atoms with van der Waals surface area (Å²) in [7, 11) is -0.863. The van der Waals surface area contributed by atoms with E-state index in [2.05, 4.69) is 76.3 Å². The highest BCUT2D eigenvalue weighted by atomic mass is 32.2. The summed E-state index contributed by atoms with van der Waals surface area (Å²) in [4.78, 5) is 11.3. The van der Waals surface area contributed by atoms with Crippen molar-refractivity contribution in [3.8, 4) is 0 Å². The minimum atomic E-state index is -0.489. The van der Waals surface area contributed by atoms with Crippen molar-refractivity contribution >= 4 is 54.4 Å². The lowest BCUT2D eigenvalue weighted by Gasteiger charge is -2.19. The second-order valence-corrected chi connectivity index (χ2v) is 10.3. The monoisotopic (exact) mass is 372 g/mol. The van der Waals surface area contributed by atoms with Gasteiger partial charge in [0.05, 0.1) is 16.1 Å². The van der Waals surface area contributed by atoms with Crippen LogP contribution in [0.5, 0.6) is 0 Å². The average molecular weight is 373 g/mol. The van der Waals surface area contributed by atoms with Crippen LogP contribution in [0, 0.1) is 0 Å². The summed E-state index contributed by atoms with van der Waals surface area (Å²) in [6.45, 7) is 0. The van der Waals surface area contributed by atoms with Crippen LogP contribution in [-0.4, -0.2) is 9.97 Å². The van der Waals surface area contributed by atoms with E-state index in [1.54, 1.807) is 0 Å². The lowest BCUT2D eigenvalue weighted by molar-refractivity contribution is 1.23. The number of thiol groups is 2. The summed E-state index contributed by atoms with van der Waals surface area (Å²) < 4.78 is 0. The molecule has 2 aliphatic heterocycles. The number of pyridine rings is 2. The van der Waals surface area contributed by atoms with Gasteiger partial charge in [0.15, 0.2) is 0 Å². The van der Waals surface area contributed by atoms with Crippen molar-refractivity contribution in [2.75, 3.05) is 0 Å². The van der Waals surface area contributed by atoms with Gasteiger partial charge >= 0.3 is 0 Å². The first-order chi connectivity index (χ1) is 12.9. The Hall–Kier alpha value is -2.56. The number of allylic oxidation sites excluding steroid dienone is 4. The quantitative estimate of drug-likeness (QED) is 0.325. The molecule has 4 aromatic rings. The molecule has 2 nitrogen and oxygen atoms in total. The first-order valence-electron chi connectivity index (χ1n) is 8.60. The first-order valence-corrected chi connectivity index (χ1v) is 11.6. The van der Waals surface area contributed by atoms with Crippen LogP contribution >= 0.6 is 21.8 Å². The zero-order chi connectivity index (χ0) is 17.1.